The second kappa shape index (κ2) is 9.57. The number of pyridine rings is 2. The van der Waals surface area contributed by atoms with Crippen molar-refractivity contribution in [3.8, 4) is 22.4 Å². The third-order valence-electron chi connectivity index (χ3n) is 8.00. The quantitative estimate of drug-likeness (QED) is 0.287. The topological polar surface area (TPSA) is 101 Å². The number of carbonyl (C=O) groups excluding carboxylic acids is 1. The van der Waals surface area contributed by atoms with Crippen molar-refractivity contribution in [2.24, 2.45) is 7.05 Å². The molecule has 8 nitrogen and oxygen atoms in total. The van der Waals surface area contributed by atoms with Crippen LogP contribution in [0, 0.1) is 5.82 Å². The van der Waals surface area contributed by atoms with Gasteiger partial charge < -0.3 is 15.6 Å². The lowest BCUT2D eigenvalue weighted by atomic mass is 9.90. The Morgan fingerprint density at radius 1 is 1.00 bits per heavy atom. The second-order valence-electron chi connectivity index (χ2n) is 10.8. The van der Waals surface area contributed by atoms with Gasteiger partial charge in [-0.25, -0.2) is 9.37 Å². The fourth-order valence-corrected chi connectivity index (χ4v) is 5.82. The van der Waals surface area contributed by atoms with Crippen LogP contribution >= 0.6 is 0 Å². The Labute approximate surface area is 225 Å². The number of amides is 1. The SMILES string of the molecule is Cn1cc(-c2cc3c(cn2)[nH]c2ncc(F)c(-c4ccc(C(=O)N[C@H]5CCCC[C@@H]5NC5CC5)cc4)c23)cn1. The first kappa shape index (κ1) is 24.0. The molecule has 0 saturated heterocycles. The lowest BCUT2D eigenvalue weighted by molar-refractivity contribution is 0.0914. The van der Waals surface area contributed by atoms with Crippen LogP contribution in [0.4, 0.5) is 4.39 Å². The summed E-state index contributed by atoms with van der Waals surface area (Å²) in [4.78, 5) is 25.3. The van der Waals surface area contributed by atoms with Gasteiger partial charge in [-0.15, -0.1) is 0 Å². The summed E-state index contributed by atoms with van der Waals surface area (Å²) in [6.45, 7) is 0. The molecule has 4 heterocycles. The number of aromatic amines is 1. The minimum Gasteiger partial charge on any atom is -0.348 e. The number of carbonyl (C=O) groups is 1. The summed E-state index contributed by atoms with van der Waals surface area (Å²) in [5.41, 5.74) is 4.68. The number of fused-ring (bicyclic) bond motifs is 3. The van der Waals surface area contributed by atoms with Gasteiger partial charge in [0.2, 0.25) is 0 Å². The predicted octanol–water partition coefficient (Wildman–Crippen LogP) is 5.11. The van der Waals surface area contributed by atoms with Crippen LogP contribution in [-0.2, 0) is 7.05 Å². The van der Waals surface area contributed by atoms with E-state index in [2.05, 4.69) is 30.7 Å². The number of H-pyrrole nitrogens is 1. The van der Waals surface area contributed by atoms with Gasteiger partial charge in [-0.3, -0.25) is 14.5 Å². The number of hydrogen-bond donors (Lipinski definition) is 3. The highest BCUT2D eigenvalue weighted by molar-refractivity contribution is 6.13. The Morgan fingerprint density at radius 2 is 1.79 bits per heavy atom. The van der Waals surface area contributed by atoms with Gasteiger partial charge in [0.25, 0.3) is 5.91 Å². The summed E-state index contributed by atoms with van der Waals surface area (Å²) in [7, 11) is 1.85. The summed E-state index contributed by atoms with van der Waals surface area (Å²) in [6, 6.07) is 10.2. The molecule has 4 aromatic heterocycles. The van der Waals surface area contributed by atoms with Gasteiger partial charge in [0.05, 0.1) is 29.8 Å². The van der Waals surface area contributed by atoms with E-state index in [0.717, 1.165) is 41.4 Å². The van der Waals surface area contributed by atoms with Crippen LogP contribution in [0.3, 0.4) is 0 Å². The molecule has 9 heteroatoms. The summed E-state index contributed by atoms with van der Waals surface area (Å²) in [5.74, 6) is -0.507. The van der Waals surface area contributed by atoms with Crippen LogP contribution in [-0.4, -0.2) is 48.8 Å². The highest BCUT2D eigenvalue weighted by Gasteiger charge is 2.32. The number of aryl methyl sites for hydroxylation is 1. The van der Waals surface area contributed by atoms with Gasteiger partial charge in [0.15, 0.2) is 0 Å². The number of aromatic nitrogens is 5. The Morgan fingerprint density at radius 3 is 2.54 bits per heavy atom. The number of halogens is 1. The van der Waals surface area contributed by atoms with E-state index < -0.39 is 5.82 Å². The smallest absolute Gasteiger partial charge is 0.251 e. The molecular formula is C30H30FN7O. The standard InChI is InChI=1S/C30H30FN7O/c1-38-16-19(13-34-38)25-12-21-26(15-32-25)36-29-28(21)27(22(31)14-33-29)17-6-8-18(9-7-17)30(39)37-24-5-3-2-4-23(24)35-20-10-11-20/h6-9,12-16,20,23-24,35H,2-5,10-11H2,1H3,(H,33,36)(H,37,39)/t23-,24-/m0/s1. The first-order valence-electron chi connectivity index (χ1n) is 13.7. The molecule has 0 bridgehead atoms. The number of benzene rings is 1. The molecule has 3 N–H and O–H groups in total. The molecule has 1 aromatic carbocycles. The number of hydrogen-bond acceptors (Lipinski definition) is 5. The van der Waals surface area contributed by atoms with E-state index in [1.54, 1.807) is 29.2 Å². The lowest BCUT2D eigenvalue weighted by Crippen LogP contribution is -2.52. The van der Waals surface area contributed by atoms with Crippen LogP contribution in [0.15, 0.2) is 55.1 Å². The minimum absolute atomic E-state index is 0.0873. The molecule has 2 aliphatic rings. The van der Waals surface area contributed by atoms with Crippen molar-refractivity contribution in [1.29, 1.82) is 0 Å². The van der Waals surface area contributed by atoms with Crippen LogP contribution in [0.5, 0.6) is 0 Å². The Bertz CT molecular complexity index is 1690. The van der Waals surface area contributed by atoms with Crippen molar-refractivity contribution < 1.29 is 9.18 Å². The molecule has 2 saturated carbocycles. The van der Waals surface area contributed by atoms with Gasteiger partial charge in [-0.1, -0.05) is 25.0 Å². The van der Waals surface area contributed by atoms with E-state index in [9.17, 15) is 4.79 Å². The Hall–Kier alpha value is -4.11. The summed E-state index contributed by atoms with van der Waals surface area (Å²) < 4.78 is 17.1. The van der Waals surface area contributed by atoms with E-state index in [-0.39, 0.29) is 11.9 Å². The maximum absolute atomic E-state index is 15.4. The van der Waals surface area contributed by atoms with Crippen molar-refractivity contribution in [3.63, 3.8) is 0 Å². The monoisotopic (exact) mass is 523 g/mol. The van der Waals surface area contributed by atoms with Crippen molar-refractivity contribution in [3.05, 3.63) is 66.5 Å². The van der Waals surface area contributed by atoms with E-state index in [1.165, 1.54) is 25.5 Å². The first-order chi connectivity index (χ1) is 19.0. The fourth-order valence-electron chi connectivity index (χ4n) is 5.82. The molecule has 0 aliphatic heterocycles. The van der Waals surface area contributed by atoms with E-state index >= 15 is 4.39 Å². The number of nitrogens with one attached hydrogen (secondary N) is 3. The third kappa shape index (κ3) is 4.57. The molecule has 2 fully saturated rings. The molecule has 0 radical (unpaired) electrons. The van der Waals surface area contributed by atoms with Crippen LogP contribution in [0.2, 0.25) is 0 Å². The molecule has 198 valence electrons. The van der Waals surface area contributed by atoms with Crippen molar-refractivity contribution in [2.45, 2.75) is 56.7 Å². The average Bonchev–Trinajstić information content (AvgIpc) is 3.54. The normalized spacial score (nSPS) is 19.5. The molecule has 0 unspecified atom stereocenters. The van der Waals surface area contributed by atoms with E-state index in [0.29, 0.717) is 39.8 Å². The van der Waals surface area contributed by atoms with Crippen molar-refractivity contribution >= 4 is 27.8 Å². The lowest BCUT2D eigenvalue weighted by Gasteiger charge is -2.33. The molecule has 2 aliphatic carbocycles. The van der Waals surface area contributed by atoms with Gasteiger partial charge in [-0.05, 0) is 49.4 Å². The first-order valence-corrected chi connectivity index (χ1v) is 13.7. The maximum atomic E-state index is 15.4. The summed E-state index contributed by atoms with van der Waals surface area (Å²) >= 11 is 0. The van der Waals surface area contributed by atoms with Crippen LogP contribution < -0.4 is 10.6 Å². The molecule has 7 rings (SSSR count). The number of rotatable bonds is 6. The summed E-state index contributed by atoms with van der Waals surface area (Å²) in [6.07, 6.45) is 13.5. The van der Waals surface area contributed by atoms with Gasteiger partial charge in [-0.2, -0.15) is 5.10 Å². The molecule has 39 heavy (non-hydrogen) atoms. The van der Waals surface area contributed by atoms with Crippen molar-refractivity contribution in [1.82, 2.24) is 35.4 Å². The molecule has 0 spiro atoms. The zero-order valence-electron chi connectivity index (χ0n) is 21.7. The fraction of sp³-hybridized carbons (Fsp3) is 0.333. The van der Waals surface area contributed by atoms with E-state index in [4.69, 9.17) is 0 Å². The van der Waals surface area contributed by atoms with Crippen molar-refractivity contribution in [2.75, 3.05) is 0 Å². The van der Waals surface area contributed by atoms with Crippen LogP contribution in [0.25, 0.3) is 44.3 Å². The van der Waals surface area contributed by atoms with Gasteiger partial charge in [0, 0.05) is 58.8 Å². The zero-order valence-corrected chi connectivity index (χ0v) is 21.7. The highest BCUT2D eigenvalue weighted by atomic mass is 19.1. The van der Waals surface area contributed by atoms with Gasteiger partial charge >= 0.3 is 0 Å². The highest BCUT2D eigenvalue weighted by Crippen LogP contribution is 2.36. The minimum atomic E-state index is -0.420. The molecular weight excluding hydrogens is 493 g/mol. The van der Waals surface area contributed by atoms with E-state index in [1.807, 2.05) is 31.4 Å². The predicted molar refractivity (Wildman–Crippen MR) is 149 cm³/mol. The average molecular weight is 524 g/mol. The molecule has 1 amide bonds. The zero-order chi connectivity index (χ0) is 26.5. The van der Waals surface area contributed by atoms with Gasteiger partial charge in [0.1, 0.15) is 11.5 Å². The Balaban J connectivity index is 1.21. The maximum Gasteiger partial charge on any atom is 0.251 e. The number of nitrogens with zero attached hydrogens (tertiary/aromatic N) is 4. The Kier molecular flexibility index (Phi) is 5.88. The second-order valence-corrected chi connectivity index (χ2v) is 10.8. The summed E-state index contributed by atoms with van der Waals surface area (Å²) in [5, 5.41) is 12.7. The largest absolute Gasteiger partial charge is 0.348 e. The van der Waals surface area contributed by atoms with Crippen LogP contribution in [0.1, 0.15) is 48.9 Å². The third-order valence-corrected chi connectivity index (χ3v) is 8.00. The molecule has 5 aromatic rings. The molecule has 2 atom stereocenters.